The summed E-state index contributed by atoms with van der Waals surface area (Å²) in [6.07, 6.45) is -4.80. The molecule has 0 saturated heterocycles. The van der Waals surface area contributed by atoms with Crippen molar-refractivity contribution in [1.82, 2.24) is 0 Å². The van der Waals surface area contributed by atoms with Crippen molar-refractivity contribution in [3.8, 4) is 5.75 Å². The van der Waals surface area contributed by atoms with Crippen LogP contribution in [0.4, 0.5) is 24.5 Å². The van der Waals surface area contributed by atoms with Crippen LogP contribution in [-0.2, 0) is 10.0 Å². The van der Waals surface area contributed by atoms with E-state index in [0.29, 0.717) is 38.1 Å². The van der Waals surface area contributed by atoms with Crippen LogP contribution in [0.25, 0.3) is 0 Å². The van der Waals surface area contributed by atoms with Crippen molar-refractivity contribution in [1.29, 1.82) is 0 Å². The molecule has 0 aliphatic carbocycles. The first kappa shape index (κ1) is 15.3. The van der Waals surface area contributed by atoms with E-state index in [1.54, 1.807) is 12.1 Å². The fourth-order valence-electron chi connectivity index (χ4n) is 2.70. The van der Waals surface area contributed by atoms with Gasteiger partial charge in [-0.15, -0.1) is 0 Å². The van der Waals surface area contributed by atoms with Gasteiger partial charge in [0, 0.05) is 6.54 Å². The second kappa shape index (κ2) is 4.94. The topological polar surface area (TPSA) is 49.9 Å². The number of anilines is 2. The SMILES string of the molecule is CC(C(F)(F)F)S(=O)(=O)N1CCN2CCOc3cccc1c32. The number of sulfonamides is 1. The Kier molecular flexibility index (Phi) is 3.42. The largest absolute Gasteiger partial charge is 0.489 e. The fraction of sp³-hybridized carbons (Fsp3) is 0.538. The van der Waals surface area contributed by atoms with Crippen LogP contribution in [0, 0.1) is 0 Å². The van der Waals surface area contributed by atoms with Crippen molar-refractivity contribution in [2.45, 2.75) is 18.3 Å². The molecule has 2 aliphatic heterocycles. The number of rotatable bonds is 2. The van der Waals surface area contributed by atoms with Gasteiger partial charge in [0.2, 0.25) is 10.0 Å². The minimum atomic E-state index is -4.80. The lowest BCUT2D eigenvalue weighted by Gasteiger charge is -2.41. The van der Waals surface area contributed by atoms with Crippen LogP contribution in [0.15, 0.2) is 18.2 Å². The molecule has 122 valence electrons. The highest BCUT2D eigenvalue weighted by molar-refractivity contribution is 7.93. The third-order valence-electron chi connectivity index (χ3n) is 3.97. The zero-order chi connectivity index (χ0) is 16.1. The van der Waals surface area contributed by atoms with E-state index < -0.39 is 21.4 Å². The van der Waals surface area contributed by atoms with Crippen molar-refractivity contribution in [3.05, 3.63) is 18.2 Å². The summed E-state index contributed by atoms with van der Waals surface area (Å²) >= 11 is 0. The molecular formula is C13H15F3N2O3S. The summed E-state index contributed by atoms with van der Waals surface area (Å²) in [5.41, 5.74) is 0.803. The summed E-state index contributed by atoms with van der Waals surface area (Å²) in [4.78, 5) is 1.94. The average Bonchev–Trinajstić information content (AvgIpc) is 2.46. The maximum Gasteiger partial charge on any atom is 0.407 e. The summed E-state index contributed by atoms with van der Waals surface area (Å²) in [5, 5.41) is -2.45. The highest BCUT2D eigenvalue weighted by atomic mass is 32.2. The molecule has 0 aromatic heterocycles. The van der Waals surface area contributed by atoms with Gasteiger partial charge < -0.3 is 9.64 Å². The van der Waals surface area contributed by atoms with E-state index in [0.717, 1.165) is 4.31 Å². The van der Waals surface area contributed by atoms with Crippen LogP contribution < -0.4 is 13.9 Å². The fourth-order valence-corrected chi connectivity index (χ4v) is 4.18. The van der Waals surface area contributed by atoms with Crippen molar-refractivity contribution < 1.29 is 26.3 Å². The Balaban J connectivity index is 2.08. The molecular weight excluding hydrogens is 321 g/mol. The highest BCUT2D eigenvalue weighted by Crippen LogP contribution is 2.44. The van der Waals surface area contributed by atoms with Gasteiger partial charge in [-0.1, -0.05) is 6.07 Å². The normalized spacial score (nSPS) is 19.5. The maximum atomic E-state index is 12.9. The molecule has 1 atom stereocenters. The maximum absolute atomic E-state index is 12.9. The summed E-state index contributed by atoms with van der Waals surface area (Å²) in [6, 6.07) is 4.79. The summed E-state index contributed by atoms with van der Waals surface area (Å²) in [6.45, 7) is 2.08. The van der Waals surface area contributed by atoms with Gasteiger partial charge >= 0.3 is 6.18 Å². The Hall–Kier alpha value is -1.64. The molecule has 1 aromatic carbocycles. The molecule has 22 heavy (non-hydrogen) atoms. The monoisotopic (exact) mass is 336 g/mol. The van der Waals surface area contributed by atoms with Gasteiger partial charge in [0.05, 0.1) is 18.8 Å². The predicted octanol–water partition coefficient (Wildman–Crippen LogP) is 1.99. The minimum Gasteiger partial charge on any atom is -0.489 e. The van der Waals surface area contributed by atoms with Gasteiger partial charge in [-0.25, -0.2) is 8.42 Å². The first-order valence-corrected chi connectivity index (χ1v) is 8.32. The summed E-state index contributed by atoms with van der Waals surface area (Å²) < 4.78 is 69.7. The zero-order valence-corrected chi connectivity index (χ0v) is 12.6. The van der Waals surface area contributed by atoms with Crippen LogP contribution >= 0.6 is 0 Å². The van der Waals surface area contributed by atoms with Gasteiger partial charge in [-0.3, -0.25) is 4.31 Å². The molecule has 0 amide bonds. The third-order valence-corrected chi connectivity index (χ3v) is 6.12. The average molecular weight is 336 g/mol. The second-order valence-electron chi connectivity index (χ2n) is 5.26. The van der Waals surface area contributed by atoms with Crippen molar-refractivity contribution >= 4 is 21.4 Å². The minimum absolute atomic E-state index is 0.000787. The van der Waals surface area contributed by atoms with E-state index in [1.807, 2.05) is 4.90 Å². The van der Waals surface area contributed by atoms with Crippen LogP contribution in [0.2, 0.25) is 0 Å². The van der Waals surface area contributed by atoms with Crippen molar-refractivity contribution in [2.24, 2.45) is 0 Å². The van der Waals surface area contributed by atoms with Gasteiger partial charge in [0.25, 0.3) is 0 Å². The van der Waals surface area contributed by atoms with E-state index in [4.69, 9.17) is 4.74 Å². The highest BCUT2D eigenvalue weighted by Gasteiger charge is 2.49. The number of para-hydroxylation sites is 1. The number of nitrogens with zero attached hydrogens (tertiary/aromatic N) is 2. The zero-order valence-electron chi connectivity index (χ0n) is 11.8. The molecule has 1 unspecified atom stereocenters. The summed E-state index contributed by atoms with van der Waals surface area (Å²) in [5.74, 6) is 0.503. The van der Waals surface area contributed by atoms with Crippen LogP contribution in [0.1, 0.15) is 6.92 Å². The first-order chi connectivity index (χ1) is 10.2. The van der Waals surface area contributed by atoms with Gasteiger partial charge in [0.1, 0.15) is 18.0 Å². The molecule has 1 aromatic rings. The Morgan fingerprint density at radius 3 is 2.64 bits per heavy atom. The molecule has 0 saturated carbocycles. The number of alkyl halides is 3. The van der Waals surface area contributed by atoms with E-state index in [2.05, 4.69) is 0 Å². The Morgan fingerprint density at radius 2 is 1.95 bits per heavy atom. The summed E-state index contributed by atoms with van der Waals surface area (Å²) in [7, 11) is -4.53. The van der Waals surface area contributed by atoms with Crippen molar-refractivity contribution in [3.63, 3.8) is 0 Å². The third kappa shape index (κ3) is 2.27. The van der Waals surface area contributed by atoms with E-state index >= 15 is 0 Å². The van der Waals surface area contributed by atoms with E-state index in [9.17, 15) is 21.6 Å². The number of halogens is 3. The molecule has 0 bridgehead atoms. The van der Waals surface area contributed by atoms with Crippen molar-refractivity contribution in [2.75, 3.05) is 35.4 Å². The van der Waals surface area contributed by atoms with Gasteiger partial charge in [-0.05, 0) is 19.1 Å². The first-order valence-electron chi connectivity index (χ1n) is 6.82. The molecule has 0 fully saturated rings. The Bertz CT molecular complexity index is 690. The molecule has 9 heteroatoms. The molecule has 5 nitrogen and oxygen atoms in total. The van der Waals surface area contributed by atoms with Gasteiger partial charge in [-0.2, -0.15) is 13.2 Å². The molecule has 0 N–H and O–H groups in total. The quantitative estimate of drug-likeness (QED) is 0.829. The van der Waals surface area contributed by atoms with Gasteiger partial charge in [0.15, 0.2) is 5.25 Å². The van der Waals surface area contributed by atoms with Crippen LogP contribution in [0.5, 0.6) is 5.75 Å². The lowest BCUT2D eigenvalue weighted by Crippen LogP contribution is -2.51. The van der Waals surface area contributed by atoms with E-state index in [1.165, 1.54) is 6.07 Å². The molecule has 2 aliphatic rings. The Labute approximate surface area is 126 Å². The van der Waals surface area contributed by atoms with E-state index in [-0.39, 0.29) is 12.2 Å². The number of ether oxygens (including phenoxy) is 1. The number of hydrogen-bond acceptors (Lipinski definition) is 4. The second-order valence-corrected chi connectivity index (χ2v) is 7.44. The molecule has 2 heterocycles. The molecule has 0 spiro atoms. The molecule has 3 rings (SSSR count). The smallest absolute Gasteiger partial charge is 0.407 e. The van der Waals surface area contributed by atoms with Crippen LogP contribution in [-0.4, -0.2) is 46.1 Å². The number of benzene rings is 1. The number of hydrogen-bond donors (Lipinski definition) is 0. The Morgan fingerprint density at radius 1 is 1.23 bits per heavy atom. The molecule has 0 radical (unpaired) electrons. The standard InChI is InChI=1S/C13H15F3N2O3S/c1-9(13(14,15)16)22(19,20)18-6-5-17-7-8-21-11-4-2-3-10(18)12(11)17/h2-4,9H,5-8H2,1H3. The van der Waals surface area contributed by atoms with Crippen LogP contribution in [0.3, 0.4) is 0 Å². The lowest BCUT2D eigenvalue weighted by molar-refractivity contribution is -0.126. The lowest BCUT2D eigenvalue weighted by atomic mass is 10.1. The predicted molar refractivity (Wildman–Crippen MR) is 75.9 cm³/mol.